The maximum atomic E-state index is 12.2. The average Bonchev–Trinajstić information content (AvgIpc) is 2.62. The first kappa shape index (κ1) is 20.7. The van der Waals surface area contributed by atoms with Crippen molar-refractivity contribution < 1.29 is 24.5 Å². The molecule has 0 fully saturated rings. The molecule has 0 unspecified atom stereocenters. The molecule has 0 spiro atoms. The Morgan fingerprint density at radius 1 is 1.04 bits per heavy atom. The van der Waals surface area contributed by atoms with Crippen molar-refractivity contribution in [1.82, 2.24) is 5.32 Å². The molecule has 0 heterocycles. The highest BCUT2D eigenvalue weighted by Crippen LogP contribution is 2.23. The highest BCUT2D eigenvalue weighted by Gasteiger charge is 2.21. The molecule has 0 saturated heterocycles. The first-order valence-electron chi connectivity index (χ1n) is 7.17. The van der Waals surface area contributed by atoms with Crippen molar-refractivity contribution in [3.63, 3.8) is 0 Å². The summed E-state index contributed by atoms with van der Waals surface area (Å²) in [6, 6.07) is 6.28. The predicted octanol–water partition coefficient (Wildman–Crippen LogP) is 2.98. The molecule has 0 aromatic heterocycles. The second kappa shape index (κ2) is 8.37. The number of carboxylic acids is 1. The number of nitro benzene ring substituents is 2. The SMILES string of the molecule is O=C(NC(=S)Nc1ccc(Cl)cc1C(=O)O)c1cc([N+](=O)[O-])cc([N+](=O)[O-])c1. The topological polar surface area (TPSA) is 165 Å². The van der Waals surface area contributed by atoms with Gasteiger partial charge in [-0.3, -0.25) is 30.3 Å². The number of thiocarbonyl (C=S) groups is 1. The number of non-ortho nitro benzene ring substituents is 2. The van der Waals surface area contributed by atoms with Crippen LogP contribution in [0.4, 0.5) is 17.1 Å². The van der Waals surface area contributed by atoms with E-state index < -0.39 is 33.1 Å². The van der Waals surface area contributed by atoms with Gasteiger partial charge in [-0.1, -0.05) is 11.6 Å². The number of amides is 1. The third-order valence-corrected chi connectivity index (χ3v) is 3.71. The summed E-state index contributed by atoms with van der Waals surface area (Å²) in [4.78, 5) is 43.5. The zero-order chi connectivity index (χ0) is 21.0. The van der Waals surface area contributed by atoms with Gasteiger partial charge in [0.25, 0.3) is 17.3 Å². The Balaban J connectivity index is 2.24. The van der Waals surface area contributed by atoms with Crippen LogP contribution in [-0.2, 0) is 0 Å². The Bertz CT molecular complexity index is 995. The Labute approximate surface area is 166 Å². The molecular weight excluding hydrogens is 416 g/mol. The predicted molar refractivity (Wildman–Crippen MR) is 102 cm³/mol. The van der Waals surface area contributed by atoms with Gasteiger partial charge < -0.3 is 10.4 Å². The van der Waals surface area contributed by atoms with E-state index >= 15 is 0 Å². The molecule has 28 heavy (non-hydrogen) atoms. The number of halogens is 1. The Morgan fingerprint density at radius 2 is 1.61 bits per heavy atom. The lowest BCUT2D eigenvalue weighted by atomic mass is 10.1. The number of carbonyl (C=O) groups is 2. The number of aromatic carboxylic acids is 1. The second-order valence-corrected chi connectivity index (χ2v) is 6.00. The van der Waals surface area contributed by atoms with Crippen LogP contribution in [0.2, 0.25) is 5.02 Å². The smallest absolute Gasteiger partial charge is 0.337 e. The van der Waals surface area contributed by atoms with Gasteiger partial charge in [-0.15, -0.1) is 0 Å². The third-order valence-electron chi connectivity index (χ3n) is 3.27. The molecule has 0 atom stereocenters. The van der Waals surface area contributed by atoms with Crippen molar-refractivity contribution >= 4 is 57.9 Å². The molecule has 2 aromatic carbocycles. The number of nitro groups is 2. The second-order valence-electron chi connectivity index (χ2n) is 5.16. The van der Waals surface area contributed by atoms with Gasteiger partial charge in [0.2, 0.25) is 0 Å². The number of rotatable bonds is 5. The van der Waals surface area contributed by atoms with Gasteiger partial charge in [-0.2, -0.15) is 0 Å². The van der Waals surface area contributed by atoms with E-state index in [1.54, 1.807) is 0 Å². The molecule has 1 amide bonds. The average molecular weight is 425 g/mol. The van der Waals surface area contributed by atoms with Crippen LogP contribution in [0.3, 0.4) is 0 Å². The fourth-order valence-corrected chi connectivity index (χ4v) is 2.44. The van der Waals surface area contributed by atoms with E-state index in [9.17, 15) is 34.9 Å². The Kier molecular flexibility index (Phi) is 6.18. The Morgan fingerprint density at radius 3 is 2.11 bits per heavy atom. The van der Waals surface area contributed by atoms with Gasteiger partial charge in [0.05, 0.1) is 32.7 Å². The van der Waals surface area contributed by atoms with Gasteiger partial charge in [0, 0.05) is 17.2 Å². The van der Waals surface area contributed by atoms with Crippen molar-refractivity contribution in [3.8, 4) is 0 Å². The number of benzene rings is 2. The molecule has 11 nitrogen and oxygen atoms in total. The molecule has 2 rings (SSSR count). The van der Waals surface area contributed by atoms with Gasteiger partial charge in [0.1, 0.15) is 0 Å². The monoisotopic (exact) mass is 424 g/mol. The molecule has 0 aliphatic carbocycles. The van der Waals surface area contributed by atoms with Crippen LogP contribution in [0.1, 0.15) is 20.7 Å². The molecule has 3 N–H and O–H groups in total. The van der Waals surface area contributed by atoms with Gasteiger partial charge in [-0.25, -0.2) is 4.79 Å². The quantitative estimate of drug-likeness (QED) is 0.371. The fourth-order valence-electron chi connectivity index (χ4n) is 2.07. The largest absolute Gasteiger partial charge is 0.478 e. The summed E-state index contributed by atoms with van der Waals surface area (Å²) in [6.07, 6.45) is 0. The minimum atomic E-state index is -1.30. The lowest BCUT2D eigenvalue weighted by molar-refractivity contribution is -0.394. The van der Waals surface area contributed by atoms with Crippen LogP contribution >= 0.6 is 23.8 Å². The number of anilines is 1. The van der Waals surface area contributed by atoms with Crippen molar-refractivity contribution in [2.75, 3.05) is 5.32 Å². The van der Waals surface area contributed by atoms with Gasteiger partial charge in [0.15, 0.2) is 5.11 Å². The molecule has 0 aliphatic rings. The summed E-state index contributed by atoms with van der Waals surface area (Å²) in [5, 5.41) is 35.4. The van der Waals surface area contributed by atoms with Crippen LogP contribution in [-0.4, -0.2) is 31.9 Å². The van der Waals surface area contributed by atoms with Gasteiger partial charge in [-0.05, 0) is 30.4 Å². The molecule has 2 aromatic rings. The maximum absolute atomic E-state index is 12.2. The molecule has 0 saturated carbocycles. The van der Waals surface area contributed by atoms with Crippen molar-refractivity contribution in [2.45, 2.75) is 0 Å². The normalized spacial score (nSPS) is 10.0. The summed E-state index contributed by atoms with van der Waals surface area (Å²) >= 11 is 10.7. The highest BCUT2D eigenvalue weighted by molar-refractivity contribution is 7.80. The van der Waals surface area contributed by atoms with Crippen molar-refractivity contribution in [2.24, 2.45) is 0 Å². The lowest BCUT2D eigenvalue weighted by Crippen LogP contribution is -2.34. The fraction of sp³-hybridized carbons (Fsp3) is 0. The van der Waals surface area contributed by atoms with Crippen LogP contribution in [0, 0.1) is 20.2 Å². The van der Waals surface area contributed by atoms with Crippen LogP contribution in [0.25, 0.3) is 0 Å². The van der Waals surface area contributed by atoms with E-state index in [-0.39, 0.29) is 26.9 Å². The zero-order valence-electron chi connectivity index (χ0n) is 13.5. The summed E-state index contributed by atoms with van der Waals surface area (Å²) in [6.45, 7) is 0. The van der Waals surface area contributed by atoms with E-state index in [1.807, 2.05) is 0 Å². The minimum absolute atomic E-state index is 0.0345. The molecular formula is C15H9ClN4O7S. The first-order valence-corrected chi connectivity index (χ1v) is 7.96. The Hall–Kier alpha value is -3.64. The van der Waals surface area contributed by atoms with E-state index in [2.05, 4.69) is 10.6 Å². The highest BCUT2D eigenvalue weighted by atomic mass is 35.5. The molecule has 13 heteroatoms. The van der Waals surface area contributed by atoms with E-state index in [0.717, 1.165) is 12.1 Å². The van der Waals surface area contributed by atoms with Crippen LogP contribution in [0.5, 0.6) is 0 Å². The van der Waals surface area contributed by atoms with Gasteiger partial charge >= 0.3 is 5.97 Å². The zero-order valence-corrected chi connectivity index (χ0v) is 15.1. The number of hydrogen-bond donors (Lipinski definition) is 3. The van der Waals surface area contributed by atoms with E-state index in [4.69, 9.17) is 23.8 Å². The molecule has 0 radical (unpaired) electrons. The van der Waals surface area contributed by atoms with E-state index in [1.165, 1.54) is 18.2 Å². The molecule has 0 bridgehead atoms. The first-order chi connectivity index (χ1) is 13.1. The number of nitrogens with zero attached hydrogens (tertiary/aromatic N) is 2. The summed E-state index contributed by atoms with van der Waals surface area (Å²) in [7, 11) is 0. The maximum Gasteiger partial charge on any atom is 0.337 e. The van der Waals surface area contributed by atoms with Crippen molar-refractivity contribution in [1.29, 1.82) is 0 Å². The summed E-state index contributed by atoms with van der Waals surface area (Å²) in [5.74, 6) is -2.26. The van der Waals surface area contributed by atoms with Crippen molar-refractivity contribution in [3.05, 3.63) is 72.8 Å². The summed E-state index contributed by atoms with van der Waals surface area (Å²) < 4.78 is 0. The lowest BCUT2D eigenvalue weighted by Gasteiger charge is -2.12. The summed E-state index contributed by atoms with van der Waals surface area (Å²) in [5.41, 5.74) is -1.85. The number of carbonyl (C=O) groups excluding carboxylic acids is 1. The minimum Gasteiger partial charge on any atom is -0.478 e. The number of nitrogens with one attached hydrogen (secondary N) is 2. The molecule has 144 valence electrons. The third kappa shape index (κ3) is 4.96. The standard InChI is InChI=1S/C15H9ClN4O7S/c16-8-1-2-12(11(5-8)14(22)23)17-15(28)18-13(21)7-3-9(19(24)25)6-10(4-7)20(26)27/h1-6H,(H,22,23)(H2,17,18,21,28). The van der Waals surface area contributed by atoms with E-state index in [0.29, 0.717) is 6.07 Å². The van der Waals surface area contributed by atoms with Crippen LogP contribution in [0.15, 0.2) is 36.4 Å². The number of hydrogen-bond acceptors (Lipinski definition) is 7. The molecule has 0 aliphatic heterocycles. The number of carboxylic acid groups (broad SMARTS) is 1. The van der Waals surface area contributed by atoms with Crippen LogP contribution < -0.4 is 10.6 Å².